The van der Waals surface area contributed by atoms with Crippen LogP contribution < -0.4 is 9.62 Å². The lowest BCUT2D eigenvalue weighted by molar-refractivity contribution is -0.140. The topological polar surface area (TPSA) is 86.8 Å². The van der Waals surface area contributed by atoms with Gasteiger partial charge in [-0.15, -0.1) is 0 Å². The third-order valence-electron chi connectivity index (χ3n) is 7.29. The SMILES string of the molecule is CS(=O)(=O)N(CC(=O)N(Cc1ccccc1)C(Cc1ccccc1)C(=O)NC1CCCCC1)c1ccc(F)c(Cl)c1. The van der Waals surface area contributed by atoms with Gasteiger partial charge >= 0.3 is 0 Å². The van der Waals surface area contributed by atoms with E-state index < -0.39 is 34.3 Å². The highest BCUT2D eigenvalue weighted by Gasteiger charge is 2.34. The summed E-state index contributed by atoms with van der Waals surface area (Å²) in [5.74, 6) is -1.55. The van der Waals surface area contributed by atoms with E-state index in [1.54, 1.807) is 0 Å². The number of benzene rings is 3. The van der Waals surface area contributed by atoms with E-state index in [1.165, 1.54) is 17.0 Å². The molecule has 1 aliphatic carbocycles. The van der Waals surface area contributed by atoms with Crippen LogP contribution in [-0.2, 0) is 32.6 Å². The van der Waals surface area contributed by atoms with Crippen molar-refractivity contribution in [1.29, 1.82) is 0 Å². The van der Waals surface area contributed by atoms with Gasteiger partial charge in [-0.2, -0.15) is 0 Å². The molecular weight excluding hydrogens is 565 g/mol. The highest BCUT2D eigenvalue weighted by atomic mass is 35.5. The highest BCUT2D eigenvalue weighted by Crippen LogP contribution is 2.26. The van der Waals surface area contributed by atoms with Crippen LogP contribution in [0.2, 0.25) is 5.02 Å². The minimum absolute atomic E-state index is 0.0251. The second-order valence-electron chi connectivity index (χ2n) is 10.4. The lowest BCUT2D eigenvalue weighted by Crippen LogP contribution is -2.55. The predicted octanol–water partition coefficient (Wildman–Crippen LogP) is 5.33. The third-order valence-corrected chi connectivity index (χ3v) is 8.72. The van der Waals surface area contributed by atoms with Crippen LogP contribution in [0.25, 0.3) is 0 Å². The Balaban J connectivity index is 1.71. The zero-order chi connectivity index (χ0) is 29.4. The van der Waals surface area contributed by atoms with Crippen molar-refractivity contribution in [3.8, 4) is 0 Å². The molecule has 3 aromatic rings. The Hall–Kier alpha value is -3.43. The number of carbonyl (C=O) groups excluding carboxylic acids is 2. The van der Waals surface area contributed by atoms with Crippen molar-refractivity contribution in [3.05, 3.63) is 101 Å². The zero-order valence-electron chi connectivity index (χ0n) is 23.0. The van der Waals surface area contributed by atoms with Crippen LogP contribution in [0.5, 0.6) is 0 Å². The highest BCUT2D eigenvalue weighted by molar-refractivity contribution is 7.92. The number of carbonyl (C=O) groups is 2. The molecule has 41 heavy (non-hydrogen) atoms. The lowest BCUT2D eigenvalue weighted by atomic mass is 9.94. The summed E-state index contributed by atoms with van der Waals surface area (Å²) < 4.78 is 40.4. The van der Waals surface area contributed by atoms with Crippen molar-refractivity contribution in [1.82, 2.24) is 10.2 Å². The van der Waals surface area contributed by atoms with Crippen molar-refractivity contribution in [2.24, 2.45) is 0 Å². The first-order valence-electron chi connectivity index (χ1n) is 13.7. The molecule has 0 spiro atoms. The first kappa shape index (κ1) is 30.5. The van der Waals surface area contributed by atoms with E-state index >= 15 is 0 Å². The molecule has 0 radical (unpaired) electrons. The molecule has 4 rings (SSSR count). The fourth-order valence-corrected chi connectivity index (χ4v) is 6.15. The Morgan fingerprint density at radius 3 is 2.15 bits per heavy atom. The van der Waals surface area contributed by atoms with Gasteiger partial charge in [0, 0.05) is 19.0 Å². The molecule has 1 atom stereocenters. The maximum atomic E-state index is 14.1. The van der Waals surface area contributed by atoms with Crippen molar-refractivity contribution in [2.45, 2.75) is 57.2 Å². The standard InChI is InChI=1S/C31H35ClFN3O4S/c1-41(39,40)36(26-17-18-28(33)27(32)20-26)22-30(37)35(21-24-13-7-3-8-14-24)29(19-23-11-5-2-6-12-23)31(38)34-25-15-9-4-10-16-25/h2-3,5-8,11-14,17-18,20,25,29H,4,9-10,15-16,19,21-22H2,1H3,(H,34,38). The molecule has 10 heteroatoms. The Kier molecular flexibility index (Phi) is 10.4. The number of nitrogens with one attached hydrogen (secondary N) is 1. The molecule has 1 aliphatic rings. The molecule has 0 aliphatic heterocycles. The summed E-state index contributed by atoms with van der Waals surface area (Å²) in [6.45, 7) is -0.493. The first-order valence-corrected chi connectivity index (χ1v) is 15.9. The molecule has 3 aromatic carbocycles. The quantitative estimate of drug-likeness (QED) is 0.323. The molecule has 218 valence electrons. The van der Waals surface area contributed by atoms with Gasteiger partial charge in [0.1, 0.15) is 18.4 Å². The molecule has 0 bridgehead atoms. The molecule has 1 saturated carbocycles. The van der Waals surface area contributed by atoms with Crippen LogP contribution in [0.4, 0.5) is 10.1 Å². The molecule has 1 N–H and O–H groups in total. The van der Waals surface area contributed by atoms with Crippen LogP contribution in [0.15, 0.2) is 78.9 Å². The van der Waals surface area contributed by atoms with E-state index in [0.29, 0.717) is 0 Å². The van der Waals surface area contributed by atoms with Gasteiger partial charge in [-0.3, -0.25) is 13.9 Å². The van der Waals surface area contributed by atoms with Gasteiger partial charge in [-0.05, 0) is 42.2 Å². The Morgan fingerprint density at radius 2 is 1.56 bits per heavy atom. The number of rotatable bonds is 11. The third kappa shape index (κ3) is 8.53. The first-order chi connectivity index (χ1) is 19.6. The van der Waals surface area contributed by atoms with Gasteiger partial charge in [0.05, 0.1) is 17.0 Å². The Morgan fingerprint density at radius 1 is 0.951 bits per heavy atom. The summed E-state index contributed by atoms with van der Waals surface area (Å²) in [6.07, 6.45) is 6.17. The monoisotopic (exact) mass is 599 g/mol. The van der Waals surface area contributed by atoms with Crippen LogP contribution in [0, 0.1) is 5.82 Å². The average Bonchev–Trinajstić information content (AvgIpc) is 2.96. The van der Waals surface area contributed by atoms with Crippen LogP contribution in [0.1, 0.15) is 43.2 Å². The summed E-state index contributed by atoms with van der Waals surface area (Å²) >= 11 is 5.94. The molecule has 1 unspecified atom stereocenters. The van der Waals surface area contributed by atoms with Crippen molar-refractivity contribution >= 4 is 39.1 Å². The number of sulfonamides is 1. The van der Waals surface area contributed by atoms with E-state index in [4.69, 9.17) is 11.6 Å². The van der Waals surface area contributed by atoms with Crippen molar-refractivity contribution in [2.75, 3.05) is 17.1 Å². The van der Waals surface area contributed by atoms with Gasteiger partial charge in [-0.25, -0.2) is 12.8 Å². The average molecular weight is 600 g/mol. The van der Waals surface area contributed by atoms with Gasteiger partial charge in [0.2, 0.25) is 21.8 Å². The van der Waals surface area contributed by atoms with E-state index in [1.807, 2.05) is 60.7 Å². The van der Waals surface area contributed by atoms with Gasteiger partial charge in [0.15, 0.2) is 0 Å². The number of anilines is 1. The number of hydrogen-bond donors (Lipinski definition) is 1. The van der Waals surface area contributed by atoms with E-state index in [-0.39, 0.29) is 35.6 Å². The summed E-state index contributed by atoms with van der Waals surface area (Å²) in [5.41, 5.74) is 1.71. The minimum atomic E-state index is -3.97. The molecular formula is C31H35ClFN3O4S. The second-order valence-corrected chi connectivity index (χ2v) is 12.7. The summed E-state index contributed by atoms with van der Waals surface area (Å²) in [4.78, 5) is 29.4. The maximum Gasteiger partial charge on any atom is 0.244 e. The molecule has 7 nitrogen and oxygen atoms in total. The van der Waals surface area contributed by atoms with Crippen molar-refractivity contribution in [3.63, 3.8) is 0 Å². The second kappa shape index (κ2) is 14.0. The van der Waals surface area contributed by atoms with E-state index in [2.05, 4.69) is 5.32 Å². The Bertz CT molecular complexity index is 1430. The van der Waals surface area contributed by atoms with Gasteiger partial charge < -0.3 is 10.2 Å². The molecule has 0 saturated heterocycles. The smallest absolute Gasteiger partial charge is 0.244 e. The maximum absolute atomic E-state index is 14.1. The summed E-state index contributed by atoms with van der Waals surface area (Å²) in [5, 5.41) is 2.90. The number of hydrogen-bond acceptors (Lipinski definition) is 4. The summed E-state index contributed by atoms with van der Waals surface area (Å²) in [6, 6.07) is 21.3. The van der Waals surface area contributed by atoms with Crippen LogP contribution in [-0.4, -0.2) is 50.0 Å². The molecule has 0 heterocycles. The van der Waals surface area contributed by atoms with E-state index in [9.17, 15) is 22.4 Å². The van der Waals surface area contributed by atoms with Gasteiger partial charge in [-0.1, -0.05) is 91.5 Å². The summed E-state index contributed by atoms with van der Waals surface area (Å²) in [7, 11) is -3.97. The van der Waals surface area contributed by atoms with Crippen LogP contribution in [0.3, 0.4) is 0 Å². The van der Waals surface area contributed by atoms with Crippen LogP contribution >= 0.6 is 11.6 Å². The molecule has 0 aromatic heterocycles. The largest absolute Gasteiger partial charge is 0.352 e. The Labute approximate surface area is 246 Å². The van der Waals surface area contributed by atoms with Crippen molar-refractivity contribution < 1.29 is 22.4 Å². The van der Waals surface area contributed by atoms with E-state index in [0.717, 1.165) is 59.9 Å². The number of nitrogens with zero attached hydrogens (tertiary/aromatic N) is 2. The minimum Gasteiger partial charge on any atom is -0.352 e. The normalized spacial score (nSPS) is 14.7. The zero-order valence-corrected chi connectivity index (χ0v) is 24.6. The lowest BCUT2D eigenvalue weighted by Gasteiger charge is -2.35. The van der Waals surface area contributed by atoms with Gasteiger partial charge in [0.25, 0.3) is 0 Å². The predicted molar refractivity (Wildman–Crippen MR) is 160 cm³/mol. The number of halogens is 2. The molecule has 1 fully saturated rings. The fourth-order valence-electron chi connectivity index (χ4n) is 5.13. The molecule has 2 amide bonds. The fraction of sp³-hybridized carbons (Fsp3) is 0.355. The number of amides is 2.